The number of hydrogen-bond donors (Lipinski definition) is 1. The summed E-state index contributed by atoms with van der Waals surface area (Å²) >= 11 is 6.16. The van der Waals surface area contributed by atoms with Crippen LogP contribution in [-0.4, -0.2) is 73.6 Å². The number of halogens is 1. The van der Waals surface area contributed by atoms with Crippen molar-refractivity contribution in [3.8, 4) is 0 Å². The van der Waals surface area contributed by atoms with Crippen LogP contribution in [0.5, 0.6) is 0 Å². The minimum Gasteiger partial charge on any atom is -0.379 e. The van der Waals surface area contributed by atoms with E-state index >= 15 is 0 Å². The van der Waals surface area contributed by atoms with Crippen LogP contribution < -0.4 is 5.43 Å². The van der Waals surface area contributed by atoms with E-state index in [1.165, 1.54) is 0 Å². The van der Waals surface area contributed by atoms with Crippen LogP contribution in [0.4, 0.5) is 0 Å². The number of nitrogens with one attached hydrogen (secondary N) is 1. The van der Waals surface area contributed by atoms with Gasteiger partial charge in [0.2, 0.25) is 0 Å². The van der Waals surface area contributed by atoms with Crippen molar-refractivity contribution in [2.24, 2.45) is 5.10 Å². The van der Waals surface area contributed by atoms with Crippen molar-refractivity contribution in [1.29, 1.82) is 0 Å². The average Bonchev–Trinajstić information content (AvgIpc) is 2.48. The molecule has 0 aromatic heterocycles. The normalized spacial score (nSPS) is 25.7. The van der Waals surface area contributed by atoms with Crippen molar-refractivity contribution in [1.82, 2.24) is 20.6 Å². The first kappa shape index (κ1) is 13.0. The monoisotopic (exact) mass is 287 g/mol. The highest BCUT2D eigenvalue weighted by atomic mass is 35.5. The first-order valence-corrected chi connectivity index (χ1v) is 6.88. The van der Waals surface area contributed by atoms with E-state index in [0.717, 1.165) is 45.2 Å². The third-order valence-electron chi connectivity index (χ3n) is 3.25. The molecule has 0 atom stereocenters. The van der Waals surface area contributed by atoms with Gasteiger partial charge >= 0.3 is 0 Å². The molecule has 0 spiro atoms. The summed E-state index contributed by atoms with van der Waals surface area (Å²) in [4.78, 5) is 2.18. The number of hydrazone groups is 1. The molecule has 1 N–H and O–H groups in total. The van der Waals surface area contributed by atoms with E-state index in [1.54, 1.807) is 5.23 Å². The summed E-state index contributed by atoms with van der Waals surface area (Å²) in [6, 6.07) is 0. The summed E-state index contributed by atoms with van der Waals surface area (Å²) in [5, 5.41) is 8.97. The first-order valence-electron chi connectivity index (χ1n) is 6.51. The molecule has 3 heterocycles. The van der Waals surface area contributed by atoms with Crippen molar-refractivity contribution in [3.63, 3.8) is 0 Å². The number of ether oxygens (including phenoxy) is 2. The molecule has 0 aliphatic carbocycles. The summed E-state index contributed by atoms with van der Waals surface area (Å²) in [5.41, 5.74) is 3.04. The Bertz CT molecular complexity index is 377. The summed E-state index contributed by atoms with van der Waals surface area (Å²) in [7, 11) is 0. The van der Waals surface area contributed by atoms with Crippen LogP contribution in [0.1, 0.15) is 0 Å². The Labute approximate surface area is 117 Å². The van der Waals surface area contributed by atoms with Crippen LogP contribution in [0.2, 0.25) is 0 Å². The molecule has 0 radical (unpaired) electrons. The predicted octanol–water partition coefficient (Wildman–Crippen LogP) is -0.220. The molecular weight excluding hydrogens is 270 g/mol. The fourth-order valence-corrected chi connectivity index (χ4v) is 2.39. The zero-order valence-electron chi connectivity index (χ0n) is 10.7. The number of morpholine rings is 2. The van der Waals surface area contributed by atoms with Crippen molar-refractivity contribution < 1.29 is 9.47 Å². The Morgan fingerprint density at radius 3 is 2.37 bits per heavy atom. The third kappa shape index (κ3) is 3.11. The number of amidine groups is 1. The number of hydrogen-bond acceptors (Lipinski definition) is 7. The van der Waals surface area contributed by atoms with Crippen LogP contribution in [0.3, 0.4) is 0 Å². The Kier molecular flexibility index (Phi) is 4.07. The molecule has 8 heteroatoms. The molecular formula is C11H18ClN5O2. The van der Waals surface area contributed by atoms with Gasteiger partial charge in [0.25, 0.3) is 0 Å². The highest BCUT2D eigenvalue weighted by molar-refractivity contribution is 6.30. The molecule has 3 aliphatic heterocycles. The van der Waals surface area contributed by atoms with E-state index in [1.807, 2.05) is 6.08 Å². The van der Waals surface area contributed by atoms with Crippen molar-refractivity contribution in [3.05, 3.63) is 11.2 Å². The third-order valence-corrected chi connectivity index (χ3v) is 3.44. The van der Waals surface area contributed by atoms with Gasteiger partial charge < -0.3 is 14.4 Å². The predicted molar refractivity (Wildman–Crippen MR) is 71.1 cm³/mol. The first-order chi connectivity index (χ1) is 9.33. The fourth-order valence-electron chi connectivity index (χ4n) is 2.22. The highest BCUT2D eigenvalue weighted by Crippen LogP contribution is 2.13. The molecule has 2 fully saturated rings. The zero-order valence-corrected chi connectivity index (χ0v) is 11.5. The van der Waals surface area contributed by atoms with Crippen LogP contribution in [-0.2, 0) is 9.47 Å². The van der Waals surface area contributed by atoms with Gasteiger partial charge in [-0.15, -0.1) is 10.3 Å². The van der Waals surface area contributed by atoms with Gasteiger partial charge in [0, 0.05) is 32.3 Å². The lowest BCUT2D eigenvalue weighted by Crippen LogP contribution is -2.54. The lowest BCUT2D eigenvalue weighted by Gasteiger charge is -2.38. The van der Waals surface area contributed by atoms with Gasteiger partial charge in [-0.05, 0) is 0 Å². The lowest BCUT2D eigenvalue weighted by molar-refractivity contribution is -0.113. The standard InChI is InChI=1S/C11H18ClN5O2/c12-10-9-11(15-1-5-18-6-2-15)14-17(13-10)16-3-7-19-8-4-16/h9,13H,1-8H2. The summed E-state index contributed by atoms with van der Waals surface area (Å²) < 4.78 is 10.7. The smallest absolute Gasteiger partial charge is 0.155 e. The van der Waals surface area contributed by atoms with Gasteiger partial charge in [-0.3, -0.25) is 5.43 Å². The molecule has 106 valence electrons. The quantitative estimate of drug-likeness (QED) is 0.673. The van der Waals surface area contributed by atoms with Gasteiger partial charge in [-0.1, -0.05) is 11.6 Å². The van der Waals surface area contributed by atoms with E-state index < -0.39 is 0 Å². The number of hydrazine groups is 2. The van der Waals surface area contributed by atoms with Crippen LogP contribution >= 0.6 is 11.6 Å². The summed E-state index contributed by atoms with van der Waals surface area (Å²) in [5.74, 6) is 0.874. The molecule has 0 saturated carbocycles. The SMILES string of the molecule is ClC1=CC(N2CCOCC2)=NN(N2CCOCC2)N1. The van der Waals surface area contributed by atoms with Crippen molar-refractivity contribution >= 4 is 17.4 Å². The second kappa shape index (κ2) is 5.96. The Morgan fingerprint density at radius 2 is 1.68 bits per heavy atom. The van der Waals surface area contributed by atoms with Crippen LogP contribution in [0.25, 0.3) is 0 Å². The lowest BCUT2D eigenvalue weighted by atomic mass is 10.4. The topological polar surface area (TPSA) is 52.6 Å². The molecule has 2 saturated heterocycles. The molecule has 0 aromatic rings. The second-order valence-electron chi connectivity index (χ2n) is 4.52. The number of nitrogens with zero attached hydrogens (tertiary/aromatic N) is 4. The van der Waals surface area contributed by atoms with Gasteiger partial charge in [-0.25, -0.2) is 0 Å². The summed E-state index contributed by atoms with van der Waals surface area (Å²) in [6.45, 7) is 6.18. The number of rotatable bonds is 1. The highest BCUT2D eigenvalue weighted by Gasteiger charge is 2.24. The maximum atomic E-state index is 6.16. The Hall–Kier alpha value is -1.02. The van der Waals surface area contributed by atoms with Crippen LogP contribution in [0, 0.1) is 0 Å². The van der Waals surface area contributed by atoms with Crippen molar-refractivity contribution in [2.45, 2.75) is 0 Å². The van der Waals surface area contributed by atoms with E-state index in [0.29, 0.717) is 18.4 Å². The molecule has 3 aliphatic rings. The molecule has 0 amide bonds. The van der Waals surface area contributed by atoms with Gasteiger partial charge in [0.1, 0.15) is 5.16 Å². The molecule has 0 bridgehead atoms. The van der Waals surface area contributed by atoms with E-state index in [4.69, 9.17) is 21.1 Å². The maximum absolute atomic E-state index is 6.16. The van der Waals surface area contributed by atoms with Crippen molar-refractivity contribution in [2.75, 3.05) is 52.6 Å². The van der Waals surface area contributed by atoms with Gasteiger partial charge in [0.15, 0.2) is 5.84 Å². The Morgan fingerprint density at radius 1 is 1.05 bits per heavy atom. The minimum atomic E-state index is 0.572. The van der Waals surface area contributed by atoms with Gasteiger partial charge in [0.05, 0.1) is 26.4 Å². The summed E-state index contributed by atoms with van der Waals surface area (Å²) in [6.07, 6.45) is 1.85. The second-order valence-corrected chi connectivity index (χ2v) is 4.92. The Balaban J connectivity index is 1.71. The average molecular weight is 288 g/mol. The zero-order chi connectivity index (χ0) is 13.1. The molecule has 7 nitrogen and oxygen atoms in total. The minimum absolute atomic E-state index is 0.572. The largest absolute Gasteiger partial charge is 0.379 e. The maximum Gasteiger partial charge on any atom is 0.155 e. The fraction of sp³-hybridized carbons (Fsp3) is 0.727. The molecule has 0 aromatic carbocycles. The van der Waals surface area contributed by atoms with E-state index in [9.17, 15) is 0 Å². The van der Waals surface area contributed by atoms with Crippen LogP contribution in [0.15, 0.2) is 16.3 Å². The molecule has 19 heavy (non-hydrogen) atoms. The molecule has 3 rings (SSSR count). The molecule has 0 unspecified atom stereocenters. The van der Waals surface area contributed by atoms with Gasteiger partial charge in [-0.2, -0.15) is 5.01 Å². The van der Waals surface area contributed by atoms with E-state index in [-0.39, 0.29) is 0 Å². The van der Waals surface area contributed by atoms with E-state index in [2.05, 4.69) is 20.4 Å².